The Labute approximate surface area is 215 Å². The lowest BCUT2D eigenvalue weighted by molar-refractivity contribution is -0.255. The Bertz CT molecular complexity index is 935. The van der Waals surface area contributed by atoms with Crippen LogP contribution in [0.3, 0.4) is 0 Å². The van der Waals surface area contributed by atoms with E-state index in [9.17, 15) is 19.8 Å². The third kappa shape index (κ3) is 5.62. The molecular formula is C18H11I4O6-. The Morgan fingerprint density at radius 1 is 1.04 bits per heavy atom. The maximum Gasteiger partial charge on any atom is 0.343 e. The van der Waals surface area contributed by atoms with Gasteiger partial charge in [0.05, 0.1) is 13.1 Å². The highest BCUT2D eigenvalue weighted by Crippen LogP contribution is 2.33. The van der Waals surface area contributed by atoms with E-state index >= 15 is 0 Å². The van der Waals surface area contributed by atoms with Gasteiger partial charge >= 0.3 is 5.97 Å². The fraction of sp³-hybridized carbons (Fsp3) is 0.111. The number of hydrogen-bond donors (Lipinski definition) is 1. The largest absolute Gasteiger partial charge is 0.545 e. The molecule has 0 bridgehead atoms. The van der Waals surface area contributed by atoms with E-state index in [2.05, 4.69) is 6.58 Å². The number of aromatic carboxylic acids is 1. The van der Waals surface area contributed by atoms with Crippen LogP contribution in [0.5, 0.6) is 11.5 Å². The molecule has 0 amide bonds. The quantitative estimate of drug-likeness (QED) is 0.257. The fourth-order valence-corrected chi connectivity index (χ4v) is 7.15. The molecule has 0 heterocycles. The van der Waals surface area contributed by atoms with Crippen molar-refractivity contribution in [3.63, 3.8) is 0 Å². The van der Waals surface area contributed by atoms with Gasteiger partial charge in [0.15, 0.2) is 0 Å². The van der Waals surface area contributed by atoms with Gasteiger partial charge < -0.3 is 24.5 Å². The number of esters is 1. The van der Waals surface area contributed by atoms with Gasteiger partial charge in [-0.25, -0.2) is 4.79 Å². The Balaban J connectivity index is 2.06. The molecule has 28 heavy (non-hydrogen) atoms. The van der Waals surface area contributed by atoms with E-state index in [1.807, 2.05) is 90.4 Å². The van der Waals surface area contributed by atoms with Gasteiger partial charge in [-0.3, -0.25) is 0 Å². The average molecular weight is 831 g/mol. The molecule has 0 unspecified atom stereocenters. The zero-order valence-corrected chi connectivity index (χ0v) is 22.6. The highest BCUT2D eigenvalue weighted by molar-refractivity contribution is 14.1. The molecule has 2 aromatic rings. The summed E-state index contributed by atoms with van der Waals surface area (Å²) in [5.74, 6) is -1.75. The number of ether oxygens (including phenoxy) is 2. The minimum Gasteiger partial charge on any atom is -0.545 e. The average Bonchev–Trinajstić information content (AvgIpc) is 2.59. The van der Waals surface area contributed by atoms with Crippen LogP contribution in [0.1, 0.15) is 26.3 Å². The number of aromatic hydroxyl groups is 1. The number of carboxylic acids is 1. The molecule has 0 radical (unpaired) electrons. The molecule has 2 aromatic carbocycles. The van der Waals surface area contributed by atoms with Gasteiger partial charge in [0, 0.05) is 12.7 Å². The molecule has 148 valence electrons. The molecule has 0 aliphatic carbocycles. The topological polar surface area (TPSA) is 95.9 Å². The van der Waals surface area contributed by atoms with Crippen LogP contribution >= 0.6 is 90.4 Å². The van der Waals surface area contributed by atoms with Crippen LogP contribution in [0.4, 0.5) is 0 Å². The Morgan fingerprint density at radius 2 is 1.68 bits per heavy atom. The fourth-order valence-electron chi connectivity index (χ4n) is 2.17. The molecule has 0 aromatic heterocycles. The van der Waals surface area contributed by atoms with Crippen LogP contribution < -0.4 is 9.84 Å². The maximum atomic E-state index is 12.3. The molecule has 0 aliphatic rings. The van der Waals surface area contributed by atoms with Crippen molar-refractivity contribution in [3.8, 4) is 11.5 Å². The summed E-state index contributed by atoms with van der Waals surface area (Å²) in [5, 5.41) is 21.4. The molecular weight excluding hydrogens is 820 g/mol. The first-order chi connectivity index (χ1) is 13.2. The zero-order valence-electron chi connectivity index (χ0n) is 13.9. The Hall–Kier alpha value is -0.360. The molecule has 1 N–H and O–H groups in total. The van der Waals surface area contributed by atoms with E-state index < -0.39 is 11.9 Å². The minimum absolute atomic E-state index is 0.0207. The van der Waals surface area contributed by atoms with Gasteiger partial charge in [-0.1, -0.05) is 12.7 Å². The highest BCUT2D eigenvalue weighted by Gasteiger charge is 2.19. The number of carbonyl (C=O) groups is 2. The normalized spacial score (nSPS) is 10.4. The summed E-state index contributed by atoms with van der Waals surface area (Å²) in [6, 6.07) is 4.81. The van der Waals surface area contributed by atoms with Gasteiger partial charge in [0.1, 0.15) is 30.3 Å². The molecule has 0 atom stereocenters. The van der Waals surface area contributed by atoms with Crippen molar-refractivity contribution in [2.45, 2.75) is 0 Å². The van der Waals surface area contributed by atoms with E-state index in [4.69, 9.17) is 9.47 Å². The molecule has 0 spiro atoms. The third-order valence-electron chi connectivity index (χ3n) is 3.43. The van der Waals surface area contributed by atoms with E-state index in [-0.39, 0.29) is 30.1 Å². The van der Waals surface area contributed by atoms with Gasteiger partial charge in [-0.05, 0) is 114 Å². The van der Waals surface area contributed by atoms with Crippen molar-refractivity contribution < 1.29 is 29.3 Å². The molecule has 0 fully saturated rings. The standard InChI is InChI=1S/C18H12I4O6/c1-2-8-5-9(19)13(12(23)6-8)18(26)28-4-3-27-16-11(21)7-10(20)14(15(16)22)17(24)25/h2,5-7,23H,1,3-4H2,(H,24,25)/p-1. The molecule has 0 aliphatic heterocycles. The van der Waals surface area contributed by atoms with Crippen LogP contribution in [-0.2, 0) is 4.74 Å². The lowest BCUT2D eigenvalue weighted by atomic mass is 10.1. The van der Waals surface area contributed by atoms with Crippen molar-refractivity contribution in [2.24, 2.45) is 0 Å². The van der Waals surface area contributed by atoms with Gasteiger partial charge in [0.2, 0.25) is 0 Å². The predicted molar refractivity (Wildman–Crippen MR) is 136 cm³/mol. The number of carboxylic acid groups (broad SMARTS) is 1. The van der Waals surface area contributed by atoms with E-state index in [1.165, 1.54) is 6.07 Å². The second-order valence-corrected chi connectivity index (χ2v) is 9.80. The second-order valence-electron chi connectivity index (χ2n) is 5.23. The molecule has 10 heteroatoms. The first-order valence-electron chi connectivity index (χ1n) is 7.51. The number of phenols is 1. The van der Waals surface area contributed by atoms with Crippen LogP contribution in [0, 0.1) is 14.3 Å². The number of halogens is 4. The van der Waals surface area contributed by atoms with Crippen molar-refractivity contribution in [1.29, 1.82) is 0 Å². The van der Waals surface area contributed by atoms with Crippen LogP contribution in [-0.4, -0.2) is 30.3 Å². The SMILES string of the molecule is C=Cc1cc(O)c(C(=O)OCCOc2c(I)cc(I)c(C(=O)[O-])c2I)c(I)c1. The highest BCUT2D eigenvalue weighted by atomic mass is 127. The lowest BCUT2D eigenvalue weighted by Gasteiger charge is -2.16. The van der Waals surface area contributed by atoms with Crippen molar-refractivity contribution >= 4 is 108 Å². The summed E-state index contributed by atoms with van der Waals surface area (Å²) in [5.41, 5.74) is 0.827. The first kappa shape index (κ1) is 23.9. The summed E-state index contributed by atoms with van der Waals surface area (Å²) < 4.78 is 13.1. The zero-order chi connectivity index (χ0) is 21.0. The smallest absolute Gasteiger partial charge is 0.343 e. The first-order valence-corrected chi connectivity index (χ1v) is 11.8. The minimum atomic E-state index is -1.28. The summed E-state index contributed by atoms with van der Waals surface area (Å²) in [4.78, 5) is 23.6. The van der Waals surface area contributed by atoms with E-state index in [0.717, 1.165) is 3.57 Å². The Kier molecular flexibility index (Phi) is 9.06. The molecule has 6 nitrogen and oxygen atoms in total. The molecule has 0 saturated heterocycles. The van der Waals surface area contributed by atoms with Gasteiger partial charge in [-0.2, -0.15) is 0 Å². The third-order valence-corrected chi connectivity index (χ3v) is 6.96. The van der Waals surface area contributed by atoms with Gasteiger partial charge in [0.25, 0.3) is 0 Å². The lowest BCUT2D eigenvalue weighted by Crippen LogP contribution is -2.25. The van der Waals surface area contributed by atoms with Crippen molar-refractivity contribution in [3.05, 3.63) is 55.7 Å². The summed E-state index contributed by atoms with van der Waals surface area (Å²) in [6.07, 6.45) is 1.57. The number of benzene rings is 2. The predicted octanol–water partition coefficient (Wildman–Crippen LogP) is 4.05. The van der Waals surface area contributed by atoms with Crippen LogP contribution in [0.15, 0.2) is 24.8 Å². The number of hydrogen-bond acceptors (Lipinski definition) is 6. The second kappa shape index (κ2) is 10.6. The summed E-state index contributed by atoms with van der Waals surface area (Å²) in [6.45, 7) is 3.57. The molecule has 0 saturated carbocycles. The summed E-state index contributed by atoms with van der Waals surface area (Å²) >= 11 is 7.80. The number of carbonyl (C=O) groups excluding carboxylic acids is 2. The van der Waals surface area contributed by atoms with Crippen molar-refractivity contribution in [1.82, 2.24) is 0 Å². The van der Waals surface area contributed by atoms with Crippen molar-refractivity contribution in [2.75, 3.05) is 13.2 Å². The van der Waals surface area contributed by atoms with Crippen LogP contribution in [0.25, 0.3) is 6.08 Å². The summed E-state index contributed by atoms with van der Waals surface area (Å²) in [7, 11) is 0. The number of phenolic OH excluding ortho intramolecular Hbond substituents is 1. The van der Waals surface area contributed by atoms with E-state index in [0.29, 0.717) is 22.0 Å². The van der Waals surface area contributed by atoms with Crippen LogP contribution in [0.2, 0.25) is 0 Å². The number of rotatable bonds is 7. The molecule has 2 rings (SSSR count). The van der Waals surface area contributed by atoms with E-state index in [1.54, 1.807) is 18.2 Å². The monoisotopic (exact) mass is 831 g/mol. The Morgan fingerprint density at radius 3 is 2.25 bits per heavy atom. The maximum absolute atomic E-state index is 12.3. The van der Waals surface area contributed by atoms with Gasteiger partial charge in [-0.15, -0.1) is 0 Å².